The van der Waals surface area contributed by atoms with Crippen molar-refractivity contribution in [2.24, 2.45) is 10.7 Å². The van der Waals surface area contributed by atoms with Gasteiger partial charge >= 0.3 is 0 Å². The Morgan fingerprint density at radius 2 is 2.36 bits per heavy atom. The third-order valence-corrected chi connectivity index (χ3v) is 1.69. The number of guanidine groups is 1. The summed E-state index contributed by atoms with van der Waals surface area (Å²) in [6.07, 6.45) is 9.88. The average Bonchev–Trinajstić information content (AvgIpc) is 2.06. The fraction of sp³-hybridized carbons (Fsp3) is 0.125. The highest BCUT2D eigenvalue weighted by atomic mass is 15.3. The Morgan fingerprint density at radius 1 is 1.45 bits per heavy atom. The molecule has 0 unspecified atom stereocenters. The van der Waals surface area contributed by atoms with E-state index in [9.17, 15) is 0 Å². The summed E-state index contributed by atoms with van der Waals surface area (Å²) in [7, 11) is 0. The van der Waals surface area contributed by atoms with Crippen LogP contribution in [0.2, 0.25) is 0 Å². The van der Waals surface area contributed by atoms with Gasteiger partial charge in [0.05, 0.1) is 6.54 Å². The van der Waals surface area contributed by atoms with Gasteiger partial charge in [-0.3, -0.25) is 4.90 Å². The fourth-order valence-corrected chi connectivity index (χ4v) is 1.14. The normalized spacial score (nSPS) is 20.9. The van der Waals surface area contributed by atoms with Crippen molar-refractivity contribution in [3.05, 3.63) is 36.2 Å². The van der Waals surface area contributed by atoms with Gasteiger partial charge in [-0.1, -0.05) is 6.08 Å². The van der Waals surface area contributed by atoms with Gasteiger partial charge in [0.15, 0.2) is 5.96 Å². The predicted octanol–water partition coefficient (Wildman–Crippen LogP) is 0.584. The van der Waals surface area contributed by atoms with Crippen LogP contribution in [0.4, 0.5) is 0 Å². The average molecular weight is 147 g/mol. The van der Waals surface area contributed by atoms with Crippen LogP contribution >= 0.6 is 0 Å². The number of fused-ring (bicyclic) bond motifs is 1. The second-order valence-corrected chi connectivity index (χ2v) is 2.40. The Kier molecular flexibility index (Phi) is 1.28. The van der Waals surface area contributed by atoms with Gasteiger partial charge in [0.1, 0.15) is 0 Å². The van der Waals surface area contributed by atoms with E-state index in [1.165, 1.54) is 0 Å². The monoisotopic (exact) mass is 147 g/mol. The molecule has 0 atom stereocenters. The highest BCUT2D eigenvalue weighted by molar-refractivity contribution is 5.83. The third kappa shape index (κ3) is 0.941. The SMILES string of the molecule is NC1=NCC=C2C=CC=CN21. The molecule has 0 radical (unpaired) electrons. The maximum absolute atomic E-state index is 5.64. The molecular formula is C8H9N3. The first-order valence-electron chi connectivity index (χ1n) is 3.52. The summed E-state index contributed by atoms with van der Waals surface area (Å²) in [6, 6.07) is 0. The van der Waals surface area contributed by atoms with Crippen molar-refractivity contribution in [1.82, 2.24) is 4.90 Å². The largest absolute Gasteiger partial charge is 0.369 e. The molecule has 3 heteroatoms. The minimum Gasteiger partial charge on any atom is -0.369 e. The molecule has 0 fully saturated rings. The van der Waals surface area contributed by atoms with Gasteiger partial charge in [0.2, 0.25) is 0 Å². The van der Waals surface area contributed by atoms with E-state index in [2.05, 4.69) is 4.99 Å². The first-order valence-corrected chi connectivity index (χ1v) is 3.52. The second-order valence-electron chi connectivity index (χ2n) is 2.40. The summed E-state index contributed by atoms with van der Waals surface area (Å²) in [4.78, 5) is 5.94. The Morgan fingerprint density at radius 3 is 3.18 bits per heavy atom. The Labute approximate surface area is 65.2 Å². The van der Waals surface area contributed by atoms with Gasteiger partial charge < -0.3 is 5.73 Å². The van der Waals surface area contributed by atoms with Crippen LogP contribution in [0.15, 0.2) is 41.2 Å². The Bertz CT molecular complexity index is 284. The predicted molar refractivity (Wildman–Crippen MR) is 44.7 cm³/mol. The van der Waals surface area contributed by atoms with Crippen LogP contribution in [-0.4, -0.2) is 17.4 Å². The fourth-order valence-electron chi connectivity index (χ4n) is 1.14. The van der Waals surface area contributed by atoms with E-state index in [0.717, 1.165) is 5.70 Å². The number of hydrogen-bond donors (Lipinski definition) is 1. The lowest BCUT2D eigenvalue weighted by molar-refractivity contribution is 0.674. The minimum atomic E-state index is 0.572. The summed E-state index contributed by atoms with van der Waals surface area (Å²) in [6.45, 7) is 0.690. The van der Waals surface area contributed by atoms with Crippen molar-refractivity contribution in [1.29, 1.82) is 0 Å². The van der Waals surface area contributed by atoms with Gasteiger partial charge in [-0.2, -0.15) is 0 Å². The van der Waals surface area contributed by atoms with Gasteiger partial charge in [0.25, 0.3) is 0 Å². The smallest absolute Gasteiger partial charge is 0.200 e. The minimum absolute atomic E-state index is 0.572. The molecule has 11 heavy (non-hydrogen) atoms. The molecule has 0 aromatic rings. The molecule has 0 aromatic carbocycles. The summed E-state index contributed by atoms with van der Waals surface area (Å²) < 4.78 is 0. The van der Waals surface area contributed by atoms with E-state index in [-0.39, 0.29) is 0 Å². The van der Waals surface area contributed by atoms with Gasteiger partial charge in [-0.25, -0.2) is 4.99 Å². The van der Waals surface area contributed by atoms with Crippen LogP contribution < -0.4 is 5.73 Å². The maximum atomic E-state index is 5.64. The van der Waals surface area contributed by atoms with Crippen LogP contribution in [0, 0.1) is 0 Å². The molecule has 2 aliphatic rings. The van der Waals surface area contributed by atoms with E-state index in [1.54, 1.807) is 0 Å². The molecule has 3 nitrogen and oxygen atoms in total. The molecule has 0 aliphatic carbocycles. The lowest BCUT2D eigenvalue weighted by atomic mass is 10.2. The van der Waals surface area contributed by atoms with E-state index in [1.807, 2.05) is 35.4 Å². The molecule has 2 aliphatic heterocycles. The number of nitrogens with zero attached hydrogens (tertiary/aromatic N) is 2. The standard InChI is InChI=1S/C8H9N3/c9-8-10-5-4-7-3-1-2-6-11(7)8/h1-4,6H,5H2,(H2,9,10). The topological polar surface area (TPSA) is 41.6 Å². The Balaban J connectivity index is 2.35. The molecule has 2 N–H and O–H groups in total. The summed E-state index contributed by atoms with van der Waals surface area (Å²) in [5.74, 6) is 0.572. The van der Waals surface area contributed by atoms with Crippen molar-refractivity contribution in [2.45, 2.75) is 0 Å². The molecule has 2 rings (SSSR count). The zero-order valence-corrected chi connectivity index (χ0v) is 6.07. The molecule has 0 saturated carbocycles. The third-order valence-electron chi connectivity index (χ3n) is 1.69. The maximum Gasteiger partial charge on any atom is 0.200 e. The zero-order chi connectivity index (χ0) is 7.68. The summed E-state index contributed by atoms with van der Waals surface area (Å²) in [5, 5.41) is 0. The second kappa shape index (κ2) is 2.27. The molecule has 0 bridgehead atoms. The molecule has 0 amide bonds. The number of hydrogen-bond acceptors (Lipinski definition) is 3. The molecule has 0 saturated heterocycles. The van der Waals surface area contributed by atoms with Gasteiger partial charge in [0, 0.05) is 11.9 Å². The molecular weight excluding hydrogens is 138 g/mol. The van der Waals surface area contributed by atoms with E-state index < -0.39 is 0 Å². The van der Waals surface area contributed by atoms with Crippen molar-refractivity contribution < 1.29 is 0 Å². The Hall–Kier alpha value is -1.51. The number of allylic oxidation sites excluding steroid dienone is 3. The van der Waals surface area contributed by atoms with E-state index >= 15 is 0 Å². The van der Waals surface area contributed by atoms with Crippen molar-refractivity contribution >= 4 is 5.96 Å². The lowest BCUT2D eigenvalue weighted by Crippen LogP contribution is -2.35. The van der Waals surface area contributed by atoms with Gasteiger partial charge in [-0.15, -0.1) is 0 Å². The summed E-state index contributed by atoms with van der Waals surface area (Å²) in [5.41, 5.74) is 6.75. The van der Waals surface area contributed by atoms with E-state index in [4.69, 9.17) is 5.73 Å². The molecule has 0 aromatic heterocycles. The number of nitrogens with two attached hydrogens (primary N) is 1. The first kappa shape index (κ1) is 6.22. The zero-order valence-electron chi connectivity index (χ0n) is 6.07. The van der Waals surface area contributed by atoms with Crippen molar-refractivity contribution in [3.63, 3.8) is 0 Å². The first-order chi connectivity index (χ1) is 5.38. The van der Waals surface area contributed by atoms with Crippen LogP contribution in [0.3, 0.4) is 0 Å². The van der Waals surface area contributed by atoms with Crippen LogP contribution in [-0.2, 0) is 0 Å². The highest BCUT2D eigenvalue weighted by Crippen LogP contribution is 2.14. The van der Waals surface area contributed by atoms with E-state index in [0.29, 0.717) is 12.5 Å². The van der Waals surface area contributed by atoms with Gasteiger partial charge in [-0.05, 0) is 18.2 Å². The van der Waals surface area contributed by atoms with Crippen molar-refractivity contribution in [3.8, 4) is 0 Å². The lowest BCUT2D eigenvalue weighted by Gasteiger charge is -2.24. The van der Waals surface area contributed by atoms with Crippen LogP contribution in [0.1, 0.15) is 0 Å². The van der Waals surface area contributed by atoms with Crippen LogP contribution in [0.5, 0.6) is 0 Å². The highest BCUT2D eigenvalue weighted by Gasteiger charge is 2.12. The quantitative estimate of drug-likeness (QED) is 0.544. The van der Waals surface area contributed by atoms with Crippen LogP contribution in [0.25, 0.3) is 0 Å². The summed E-state index contributed by atoms with van der Waals surface area (Å²) >= 11 is 0. The molecule has 0 spiro atoms. The number of aliphatic imine (C=N–C) groups is 1. The van der Waals surface area contributed by atoms with Crippen molar-refractivity contribution in [2.75, 3.05) is 6.54 Å². The molecule has 2 heterocycles. The number of rotatable bonds is 0. The molecule has 56 valence electrons.